The minimum atomic E-state index is -0.605. The molecule has 4 rings (SSSR count). The Hall–Kier alpha value is -4.01. The molecule has 0 aliphatic heterocycles. The Morgan fingerprint density at radius 1 is 0.974 bits per heavy atom. The Morgan fingerprint density at radius 2 is 1.71 bits per heavy atom. The van der Waals surface area contributed by atoms with E-state index in [1.54, 1.807) is 47.4 Å². The molecule has 38 heavy (non-hydrogen) atoms. The third-order valence-corrected chi connectivity index (χ3v) is 6.87. The molecule has 0 fully saturated rings. The van der Waals surface area contributed by atoms with Gasteiger partial charge in [-0.15, -0.1) is 5.11 Å². The number of carbonyl (C=O) groups excluding carboxylic acids is 2. The van der Waals surface area contributed by atoms with Crippen molar-refractivity contribution in [3.05, 3.63) is 99.5 Å². The molecule has 0 unspecified atom stereocenters. The molecule has 0 saturated carbocycles. The summed E-state index contributed by atoms with van der Waals surface area (Å²) in [5, 5.41) is 6.54. The van der Waals surface area contributed by atoms with Gasteiger partial charge in [0, 0.05) is 16.9 Å². The monoisotopic (exact) mass is 548 g/mol. The molecule has 1 aliphatic carbocycles. The summed E-state index contributed by atoms with van der Waals surface area (Å²) in [7, 11) is 0. The first kappa shape index (κ1) is 27.0. The van der Waals surface area contributed by atoms with Crippen molar-refractivity contribution in [3.8, 4) is 0 Å². The summed E-state index contributed by atoms with van der Waals surface area (Å²) in [5.74, 6) is -1.02. The number of amides is 3. The zero-order chi connectivity index (χ0) is 27.1. The molecule has 0 radical (unpaired) electrons. The standard InChI is InChI=1S/C28H26Cl2N6O2/c29-24-15-12-22(16-25(24)30)33-28(38)36(23-13-10-20(11-14-23)19-4-2-1-3-5-19)17-18-6-8-21(9-7-18)26(37)34-27(31)35-32/h4,6-16,32H,1-3,5,17H2,(H,33,38)(H2,31,34,37). The molecular formula is C28H26Cl2N6O2. The second-order valence-corrected chi connectivity index (χ2v) is 9.57. The van der Waals surface area contributed by atoms with Crippen molar-refractivity contribution in [1.82, 2.24) is 0 Å². The van der Waals surface area contributed by atoms with Crippen LogP contribution < -0.4 is 16.0 Å². The average molecular weight is 549 g/mol. The maximum Gasteiger partial charge on any atom is 0.326 e. The van der Waals surface area contributed by atoms with Crippen LogP contribution >= 0.6 is 23.2 Å². The van der Waals surface area contributed by atoms with Crippen LogP contribution in [-0.4, -0.2) is 17.9 Å². The van der Waals surface area contributed by atoms with Gasteiger partial charge in [0.1, 0.15) is 0 Å². The number of allylic oxidation sites excluding steroid dienone is 2. The zero-order valence-corrected chi connectivity index (χ0v) is 22.0. The fraction of sp³-hybridized carbons (Fsp3) is 0.179. The van der Waals surface area contributed by atoms with Crippen LogP contribution in [0.3, 0.4) is 0 Å². The number of nitrogens with zero attached hydrogens (tertiary/aromatic N) is 3. The van der Waals surface area contributed by atoms with Gasteiger partial charge in [-0.2, -0.15) is 4.99 Å². The first-order valence-corrected chi connectivity index (χ1v) is 12.8. The summed E-state index contributed by atoms with van der Waals surface area (Å²) in [5.41, 5.74) is 16.9. The third kappa shape index (κ3) is 6.85. The van der Waals surface area contributed by atoms with Gasteiger partial charge >= 0.3 is 6.03 Å². The first-order valence-electron chi connectivity index (χ1n) is 12.0. The van der Waals surface area contributed by atoms with Crippen molar-refractivity contribution in [2.45, 2.75) is 32.2 Å². The molecule has 4 N–H and O–H groups in total. The number of urea groups is 1. The van der Waals surface area contributed by atoms with Crippen molar-refractivity contribution in [3.63, 3.8) is 0 Å². The predicted octanol–water partition coefficient (Wildman–Crippen LogP) is 7.68. The van der Waals surface area contributed by atoms with Crippen molar-refractivity contribution in [2.24, 2.45) is 15.8 Å². The Bertz CT molecular complexity index is 1400. The van der Waals surface area contributed by atoms with Crippen molar-refractivity contribution >= 4 is 58.0 Å². The Morgan fingerprint density at radius 3 is 2.34 bits per heavy atom. The number of hydrogen-bond acceptors (Lipinski definition) is 3. The molecule has 0 atom stereocenters. The fourth-order valence-corrected chi connectivity index (χ4v) is 4.43. The van der Waals surface area contributed by atoms with Gasteiger partial charge in [0.05, 0.1) is 16.6 Å². The molecule has 194 valence electrons. The van der Waals surface area contributed by atoms with Gasteiger partial charge in [-0.3, -0.25) is 9.69 Å². The van der Waals surface area contributed by atoms with E-state index in [1.165, 1.54) is 18.4 Å². The zero-order valence-electron chi connectivity index (χ0n) is 20.5. The van der Waals surface area contributed by atoms with Crippen LogP contribution in [0.15, 0.2) is 82.9 Å². The minimum absolute atomic E-state index is 0.233. The largest absolute Gasteiger partial charge is 0.366 e. The Balaban J connectivity index is 1.59. The molecule has 8 nitrogen and oxygen atoms in total. The molecule has 3 aromatic carbocycles. The number of benzene rings is 3. The van der Waals surface area contributed by atoms with Crippen LogP contribution in [-0.2, 0) is 6.54 Å². The number of nitrogens with one attached hydrogen (secondary N) is 2. The second kappa shape index (κ2) is 12.5. The molecule has 3 aromatic rings. The van der Waals surface area contributed by atoms with Crippen LogP contribution in [0.4, 0.5) is 16.2 Å². The summed E-state index contributed by atoms with van der Waals surface area (Å²) in [6, 6.07) is 19.1. The predicted molar refractivity (Wildman–Crippen MR) is 152 cm³/mol. The highest BCUT2D eigenvalue weighted by molar-refractivity contribution is 6.42. The fourth-order valence-electron chi connectivity index (χ4n) is 4.13. The smallest absolute Gasteiger partial charge is 0.326 e. The summed E-state index contributed by atoms with van der Waals surface area (Å²) >= 11 is 12.2. The van der Waals surface area contributed by atoms with Crippen molar-refractivity contribution < 1.29 is 9.59 Å². The highest BCUT2D eigenvalue weighted by Crippen LogP contribution is 2.30. The van der Waals surface area contributed by atoms with E-state index in [4.69, 9.17) is 34.5 Å². The molecular weight excluding hydrogens is 523 g/mol. The van der Waals surface area contributed by atoms with Crippen molar-refractivity contribution in [2.75, 3.05) is 10.2 Å². The van der Waals surface area contributed by atoms with Crippen LogP contribution in [0.2, 0.25) is 10.0 Å². The SMILES string of the molecule is N=NC(N)=NC(=O)c1ccc(CN(C(=O)Nc2ccc(Cl)c(Cl)c2)c2ccc(C3=CCCCC3)cc2)cc1. The quantitative estimate of drug-likeness (QED) is 0.166. The molecule has 0 heterocycles. The number of nitrogens with two attached hydrogens (primary N) is 1. The summed E-state index contributed by atoms with van der Waals surface area (Å²) in [6.45, 7) is 0.233. The topological polar surface area (TPSA) is 124 Å². The highest BCUT2D eigenvalue weighted by atomic mass is 35.5. The van der Waals surface area contributed by atoms with Gasteiger partial charge in [0.15, 0.2) is 0 Å². The molecule has 1 aliphatic rings. The van der Waals surface area contributed by atoms with Crippen LogP contribution in [0.25, 0.3) is 5.57 Å². The lowest BCUT2D eigenvalue weighted by Gasteiger charge is -2.24. The van der Waals surface area contributed by atoms with E-state index in [2.05, 4.69) is 21.5 Å². The number of halogens is 2. The van der Waals surface area contributed by atoms with Gasteiger partial charge in [-0.1, -0.05) is 53.5 Å². The molecule has 0 aromatic heterocycles. The number of aliphatic imine (C=N–C) groups is 1. The van der Waals surface area contributed by atoms with Crippen LogP contribution in [0, 0.1) is 5.53 Å². The average Bonchev–Trinajstić information content (AvgIpc) is 2.94. The van der Waals surface area contributed by atoms with E-state index in [1.807, 2.05) is 24.3 Å². The van der Waals surface area contributed by atoms with E-state index in [0.717, 1.165) is 24.0 Å². The number of rotatable bonds is 6. The van der Waals surface area contributed by atoms with E-state index < -0.39 is 11.9 Å². The third-order valence-electron chi connectivity index (χ3n) is 6.13. The van der Waals surface area contributed by atoms with Gasteiger partial charge in [0.25, 0.3) is 5.91 Å². The van der Waals surface area contributed by atoms with E-state index in [0.29, 0.717) is 21.4 Å². The van der Waals surface area contributed by atoms with Crippen LogP contribution in [0.5, 0.6) is 0 Å². The number of hydrogen-bond donors (Lipinski definition) is 3. The van der Waals surface area contributed by atoms with E-state index >= 15 is 0 Å². The van der Waals surface area contributed by atoms with Gasteiger partial charge in [0.2, 0.25) is 5.96 Å². The molecule has 3 amide bonds. The van der Waals surface area contributed by atoms with E-state index in [-0.39, 0.29) is 18.1 Å². The van der Waals surface area contributed by atoms with Gasteiger partial charge < -0.3 is 11.1 Å². The summed E-state index contributed by atoms with van der Waals surface area (Å²) in [6.07, 6.45) is 6.82. The normalized spacial score (nSPS) is 13.4. The lowest BCUT2D eigenvalue weighted by Crippen LogP contribution is -2.34. The minimum Gasteiger partial charge on any atom is -0.366 e. The Kier molecular flexibility index (Phi) is 8.89. The lowest BCUT2D eigenvalue weighted by atomic mass is 9.93. The maximum absolute atomic E-state index is 13.4. The highest BCUT2D eigenvalue weighted by Gasteiger charge is 2.18. The number of carbonyl (C=O) groups is 2. The second-order valence-electron chi connectivity index (χ2n) is 8.75. The first-order chi connectivity index (χ1) is 18.3. The molecule has 0 spiro atoms. The van der Waals surface area contributed by atoms with Crippen LogP contribution in [0.1, 0.15) is 47.2 Å². The molecule has 0 bridgehead atoms. The molecule has 0 saturated heterocycles. The number of anilines is 2. The lowest BCUT2D eigenvalue weighted by molar-refractivity contribution is 0.100. The Labute approximate surface area is 230 Å². The van der Waals surface area contributed by atoms with Gasteiger partial charge in [-0.25, -0.2) is 10.3 Å². The van der Waals surface area contributed by atoms with E-state index in [9.17, 15) is 9.59 Å². The number of guanidine groups is 1. The summed E-state index contributed by atoms with van der Waals surface area (Å²) < 4.78 is 0. The maximum atomic E-state index is 13.4. The summed E-state index contributed by atoms with van der Waals surface area (Å²) in [4.78, 5) is 30.8. The molecule has 10 heteroatoms. The van der Waals surface area contributed by atoms with Crippen molar-refractivity contribution in [1.29, 1.82) is 5.53 Å². The van der Waals surface area contributed by atoms with Gasteiger partial charge in [-0.05, 0) is 84.8 Å².